The monoisotopic (exact) mass is 702 g/mol. The van der Waals surface area contributed by atoms with Crippen LogP contribution in [0.25, 0.3) is 44.1 Å². The molecule has 2 nitrogen and oxygen atoms in total. The Labute approximate surface area is 307 Å². The molecule has 2 heterocycles. The molecule has 0 radical (unpaired) electrons. The summed E-state index contributed by atoms with van der Waals surface area (Å²) < 4.78 is 4.66. The third-order valence-corrected chi connectivity index (χ3v) is 12.7. The summed E-state index contributed by atoms with van der Waals surface area (Å²) in [6.07, 6.45) is 15.2. The molecule has 50 heavy (non-hydrogen) atoms. The number of unbranched alkanes of at least 4 members (excludes halogenated alkanes) is 3. The highest BCUT2D eigenvalue weighted by atomic mass is 35.7. The second kappa shape index (κ2) is 15.5. The summed E-state index contributed by atoms with van der Waals surface area (Å²) in [4.78, 5) is 0. The highest BCUT2D eigenvalue weighted by Gasteiger charge is 2.21. The van der Waals surface area contributed by atoms with Gasteiger partial charge in [-0.15, -0.1) is 0 Å². The first-order valence-corrected chi connectivity index (χ1v) is 21.1. The third-order valence-electron chi connectivity index (χ3n) is 10.4. The van der Waals surface area contributed by atoms with Crippen molar-refractivity contribution in [1.82, 2.24) is 8.68 Å². The van der Waals surface area contributed by atoms with Crippen molar-refractivity contribution in [2.45, 2.75) is 119 Å². The number of aryl methyl sites for hydroxylation is 5. The maximum Gasteiger partial charge on any atom is 0.206 e. The molecule has 0 saturated heterocycles. The van der Waals surface area contributed by atoms with Crippen molar-refractivity contribution >= 4 is 40.6 Å². The van der Waals surface area contributed by atoms with Gasteiger partial charge in [0, 0.05) is 23.2 Å². The molecule has 1 unspecified atom stereocenters. The molecule has 0 aliphatic rings. The van der Waals surface area contributed by atoms with Crippen LogP contribution in [-0.4, -0.2) is 8.68 Å². The molecular weight excluding hydrogens is 647 g/mol. The average Bonchev–Trinajstić information content (AvgIpc) is 3.63. The van der Waals surface area contributed by atoms with Gasteiger partial charge in [0.2, 0.25) is 7.58 Å². The topological polar surface area (TPSA) is 9.86 Å². The van der Waals surface area contributed by atoms with Crippen LogP contribution >= 0.6 is 18.8 Å². The molecule has 4 heteroatoms. The Morgan fingerprint density at radius 1 is 0.540 bits per heavy atom. The van der Waals surface area contributed by atoms with Crippen LogP contribution < -0.4 is 0 Å². The minimum atomic E-state index is -1.25. The van der Waals surface area contributed by atoms with Crippen molar-refractivity contribution in [2.75, 3.05) is 0 Å². The van der Waals surface area contributed by atoms with Crippen molar-refractivity contribution in [3.8, 4) is 22.3 Å². The fraction of sp³-hybridized carbons (Fsp3) is 0.391. The molecule has 262 valence electrons. The zero-order chi connectivity index (χ0) is 35.6. The van der Waals surface area contributed by atoms with Crippen molar-refractivity contribution < 1.29 is 0 Å². The van der Waals surface area contributed by atoms with Crippen molar-refractivity contribution in [2.24, 2.45) is 0 Å². The SMILES string of the molecule is CCCCc1cc(CCCC)cc(-c2ccc3c(C)cn(P(Cl)n4cc(C)c5ccc(-c6cc(CCCC)cc(C(C)(C)C)c6)cc54)c3c2)c1. The maximum atomic E-state index is 7.64. The Morgan fingerprint density at radius 3 is 1.38 bits per heavy atom. The van der Waals surface area contributed by atoms with Gasteiger partial charge in [-0.2, -0.15) is 0 Å². The first kappa shape index (κ1) is 36.5. The fourth-order valence-electron chi connectivity index (χ4n) is 7.29. The lowest BCUT2D eigenvalue weighted by Gasteiger charge is -2.22. The first-order chi connectivity index (χ1) is 24.0. The summed E-state index contributed by atoms with van der Waals surface area (Å²) in [6.45, 7) is 18.2. The quantitative estimate of drug-likeness (QED) is 0.106. The zero-order valence-electron chi connectivity index (χ0n) is 31.7. The normalized spacial score (nSPS) is 12.7. The molecular formula is C46H56ClN2P. The van der Waals surface area contributed by atoms with E-state index < -0.39 is 7.58 Å². The second-order valence-electron chi connectivity index (χ2n) is 15.5. The number of hydrogen-bond donors (Lipinski definition) is 0. The minimum Gasteiger partial charge on any atom is -0.296 e. The molecule has 0 saturated carbocycles. The summed E-state index contributed by atoms with van der Waals surface area (Å²) >= 11 is 7.64. The first-order valence-electron chi connectivity index (χ1n) is 19.0. The smallest absolute Gasteiger partial charge is 0.206 e. The van der Waals surface area contributed by atoms with Gasteiger partial charge in [0.25, 0.3) is 0 Å². The summed E-state index contributed by atoms with van der Waals surface area (Å²) in [5.41, 5.74) is 15.8. The summed E-state index contributed by atoms with van der Waals surface area (Å²) in [6, 6.07) is 28.5. The molecule has 0 fully saturated rings. The van der Waals surface area contributed by atoms with E-state index in [9.17, 15) is 0 Å². The molecule has 1 atom stereocenters. The molecule has 0 N–H and O–H groups in total. The number of benzene rings is 4. The van der Waals surface area contributed by atoms with Crippen LogP contribution in [-0.2, 0) is 24.7 Å². The molecule has 6 rings (SSSR count). The lowest BCUT2D eigenvalue weighted by Crippen LogP contribution is -2.11. The van der Waals surface area contributed by atoms with Gasteiger partial charge in [0.1, 0.15) is 0 Å². The highest BCUT2D eigenvalue weighted by molar-refractivity contribution is 7.81. The molecule has 4 aromatic carbocycles. The standard InChI is InChI=1S/C46H56ClN2P/c1-9-12-15-34-22-35(16-13-10-2)24-39(23-34)37-18-20-42-32(4)30-48(44(42)28-37)50(47)49-31-33(5)43-21-19-38(29-45(43)49)40-25-36(17-14-11-3)26-41(27-40)46(6,7)8/h18-31H,9-17H2,1-8H3. The van der Waals surface area contributed by atoms with Crippen LogP contribution in [0.4, 0.5) is 0 Å². The van der Waals surface area contributed by atoms with Crippen LogP contribution in [0.1, 0.15) is 113 Å². The molecule has 0 spiro atoms. The minimum absolute atomic E-state index is 0.0857. The summed E-state index contributed by atoms with van der Waals surface area (Å²) in [5.74, 6) is 0. The van der Waals surface area contributed by atoms with Gasteiger partial charge in [-0.1, -0.05) is 121 Å². The highest BCUT2D eigenvalue weighted by Crippen LogP contribution is 2.51. The van der Waals surface area contributed by atoms with Crippen LogP contribution in [0.3, 0.4) is 0 Å². The van der Waals surface area contributed by atoms with E-state index in [1.54, 1.807) is 0 Å². The Balaban J connectivity index is 1.43. The average molecular weight is 703 g/mol. The van der Waals surface area contributed by atoms with E-state index >= 15 is 0 Å². The molecule has 0 aliphatic heterocycles. The van der Waals surface area contributed by atoms with E-state index in [1.165, 1.54) is 116 Å². The van der Waals surface area contributed by atoms with Crippen LogP contribution in [0, 0.1) is 13.8 Å². The van der Waals surface area contributed by atoms with Crippen molar-refractivity contribution in [3.05, 3.63) is 119 Å². The third kappa shape index (κ3) is 7.78. The van der Waals surface area contributed by atoms with Gasteiger partial charge in [-0.25, -0.2) is 0 Å². The van der Waals surface area contributed by atoms with E-state index in [0.717, 1.165) is 19.3 Å². The van der Waals surface area contributed by atoms with Gasteiger partial charge in [0.05, 0.1) is 11.0 Å². The number of rotatable bonds is 13. The number of hydrogen-bond acceptors (Lipinski definition) is 0. The van der Waals surface area contributed by atoms with Gasteiger partial charge >= 0.3 is 0 Å². The number of nitrogens with zero attached hydrogens (tertiary/aromatic N) is 2. The lowest BCUT2D eigenvalue weighted by atomic mass is 9.83. The van der Waals surface area contributed by atoms with Gasteiger partial charge < -0.3 is 0 Å². The molecule has 2 aromatic heterocycles. The van der Waals surface area contributed by atoms with Gasteiger partial charge in [-0.3, -0.25) is 8.68 Å². The number of aromatic nitrogens is 2. The van der Waals surface area contributed by atoms with Crippen molar-refractivity contribution in [3.63, 3.8) is 0 Å². The van der Waals surface area contributed by atoms with E-state index in [0.29, 0.717) is 0 Å². The van der Waals surface area contributed by atoms with E-state index in [2.05, 4.69) is 149 Å². The molecule has 0 aliphatic carbocycles. The molecule has 6 aromatic rings. The predicted octanol–water partition coefficient (Wildman–Crippen LogP) is 14.7. The lowest BCUT2D eigenvalue weighted by molar-refractivity contribution is 0.589. The number of fused-ring (bicyclic) bond motifs is 2. The van der Waals surface area contributed by atoms with Crippen LogP contribution in [0.2, 0.25) is 0 Å². The van der Waals surface area contributed by atoms with E-state index in [1.807, 2.05) is 0 Å². The fourth-order valence-corrected chi connectivity index (χ4v) is 9.47. The Bertz CT molecular complexity index is 2080. The maximum absolute atomic E-state index is 7.64. The zero-order valence-corrected chi connectivity index (χ0v) is 33.3. The van der Waals surface area contributed by atoms with Gasteiger partial charge in [-0.05, 0) is 137 Å². The molecule has 0 bridgehead atoms. The molecule has 0 amide bonds. The second-order valence-corrected chi connectivity index (χ2v) is 17.8. The number of halogens is 1. The van der Waals surface area contributed by atoms with Crippen LogP contribution in [0.15, 0.2) is 85.2 Å². The van der Waals surface area contributed by atoms with Crippen LogP contribution in [0.5, 0.6) is 0 Å². The Hall–Kier alpha value is -3.32. The van der Waals surface area contributed by atoms with Gasteiger partial charge in [0.15, 0.2) is 0 Å². The largest absolute Gasteiger partial charge is 0.296 e. The van der Waals surface area contributed by atoms with E-state index in [4.69, 9.17) is 11.2 Å². The Morgan fingerprint density at radius 2 is 0.960 bits per heavy atom. The van der Waals surface area contributed by atoms with Crippen molar-refractivity contribution in [1.29, 1.82) is 0 Å². The summed E-state index contributed by atoms with van der Waals surface area (Å²) in [7, 11) is -1.25. The Kier molecular flexibility index (Phi) is 11.3. The predicted molar refractivity (Wildman–Crippen MR) is 222 cm³/mol. The summed E-state index contributed by atoms with van der Waals surface area (Å²) in [5, 5.41) is 2.53. The van der Waals surface area contributed by atoms with E-state index in [-0.39, 0.29) is 5.41 Å².